The van der Waals surface area contributed by atoms with Gasteiger partial charge in [-0.05, 0) is 119 Å². The van der Waals surface area contributed by atoms with Crippen molar-refractivity contribution in [1.82, 2.24) is 0 Å². The lowest BCUT2D eigenvalue weighted by molar-refractivity contribution is -0.166. The van der Waals surface area contributed by atoms with Gasteiger partial charge in [-0.1, -0.05) is 85.6 Å². The summed E-state index contributed by atoms with van der Waals surface area (Å²) in [7, 11) is 3.17. The van der Waals surface area contributed by atoms with Crippen molar-refractivity contribution in [2.24, 2.45) is 0 Å². The summed E-state index contributed by atoms with van der Waals surface area (Å²) >= 11 is 0. The molecule has 1 aliphatic carbocycles. The van der Waals surface area contributed by atoms with Crippen LogP contribution < -0.4 is 18.9 Å². The SMILES string of the molecule is C=CC(=O)OCCCOc1c2cc(C(=O)CCCCC)cc1Cc1cc(C(=O)CCCCC)cc(c1OCCCOC(=O)C(=O)OC)Cc1cc(C(=O)CCCCC)cc(c1OCCCOC(=O)C(=O)OC)Cc1cc(C(=O)CCCCC)cc(c1OCCCOC(=O)C(=O)OC)C2. The highest BCUT2D eigenvalue weighted by Gasteiger charge is 2.29. The molecule has 0 unspecified atom stereocenters. The molecular weight excluding hydrogens is 1260 g/mol. The third kappa shape index (κ3) is 25.3. The second kappa shape index (κ2) is 43.2. The standard InChI is InChI=1S/C76H96O22/c1-9-14-18-26-62(77)50-38-54-46-56-40-51(63(78)27-19-15-10-2)42-58(68(56)93-32-23-35-96-74(85)71(82)88-6)48-60-44-53(65(80)29-21-17-12-4)45-61(70(60)95-34-25-37-98-76(87)73(84)90-8)49-59-43-52(64(79)28-20-16-11-3)41-57(69(59)94-33-24-36-97-75(86)72(83)89-7)47-55(39-50)67(54)92-31-22-30-91-66(81)13-5/h13,38-45H,5,9-12,14-37,46-49H2,1-4,6-8H3. The van der Waals surface area contributed by atoms with E-state index in [1.807, 2.05) is 27.7 Å². The topological polar surface area (TPSA) is 289 Å². The first-order chi connectivity index (χ1) is 47.3. The maximum absolute atomic E-state index is 14.8. The van der Waals surface area contributed by atoms with Crippen molar-refractivity contribution in [3.05, 3.63) is 128 Å². The molecular formula is C76H96O22. The molecule has 0 aromatic heterocycles. The van der Waals surface area contributed by atoms with Crippen LogP contribution in [0.1, 0.15) is 242 Å². The second-order valence-corrected chi connectivity index (χ2v) is 23.8. The molecule has 0 fully saturated rings. The Morgan fingerprint density at radius 3 is 0.714 bits per heavy atom. The Morgan fingerprint density at radius 2 is 0.520 bits per heavy atom. The highest BCUT2D eigenvalue weighted by Crippen LogP contribution is 2.42. The summed E-state index contributed by atoms with van der Waals surface area (Å²) in [6.45, 7) is 10.5. The molecule has 0 N–H and O–H groups in total. The minimum absolute atomic E-state index is 0.0114. The van der Waals surface area contributed by atoms with Gasteiger partial charge in [0.2, 0.25) is 0 Å². The van der Waals surface area contributed by atoms with E-state index < -0.39 is 41.8 Å². The van der Waals surface area contributed by atoms with Crippen LogP contribution in [-0.4, -0.2) is 139 Å². The van der Waals surface area contributed by atoms with Gasteiger partial charge in [-0.2, -0.15) is 0 Å². The van der Waals surface area contributed by atoms with E-state index in [4.69, 9.17) is 37.9 Å². The molecule has 5 rings (SSSR count). The van der Waals surface area contributed by atoms with Crippen molar-refractivity contribution in [3.63, 3.8) is 0 Å². The zero-order valence-electron chi connectivity index (χ0n) is 58.0. The van der Waals surface area contributed by atoms with Gasteiger partial charge in [-0.15, -0.1) is 0 Å². The highest BCUT2D eigenvalue weighted by molar-refractivity contribution is 6.30. The van der Waals surface area contributed by atoms with Gasteiger partial charge in [0, 0.05) is 105 Å². The van der Waals surface area contributed by atoms with Crippen LogP contribution >= 0.6 is 0 Å². The first kappa shape index (κ1) is 79.5. The number of esters is 7. The van der Waals surface area contributed by atoms with Crippen molar-refractivity contribution in [3.8, 4) is 23.0 Å². The van der Waals surface area contributed by atoms with Crippen molar-refractivity contribution in [2.75, 3.05) is 74.2 Å². The first-order valence-corrected chi connectivity index (χ1v) is 34.2. The van der Waals surface area contributed by atoms with Crippen LogP contribution in [0.5, 0.6) is 23.0 Å². The Morgan fingerprint density at radius 1 is 0.306 bits per heavy atom. The van der Waals surface area contributed by atoms with Crippen molar-refractivity contribution < 1.29 is 105 Å². The minimum atomic E-state index is -1.21. The number of ketones is 4. The molecule has 22 heteroatoms. The highest BCUT2D eigenvalue weighted by atomic mass is 16.6. The van der Waals surface area contributed by atoms with Gasteiger partial charge >= 0.3 is 41.8 Å². The molecule has 8 bridgehead atoms. The molecule has 532 valence electrons. The molecule has 4 aromatic carbocycles. The molecule has 0 spiro atoms. The summed E-state index contributed by atoms with van der Waals surface area (Å²) in [6, 6.07) is 14.0. The average molecular weight is 1360 g/mol. The first-order valence-electron chi connectivity index (χ1n) is 34.2. The molecule has 98 heavy (non-hydrogen) atoms. The summed E-state index contributed by atoms with van der Waals surface area (Å²) in [6.07, 6.45) is 10.8. The number of rotatable bonds is 41. The quantitative estimate of drug-likeness (QED) is 0.00877. The molecule has 0 saturated carbocycles. The smallest absolute Gasteiger partial charge is 0.417 e. The third-order valence-corrected chi connectivity index (χ3v) is 16.1. The molecule has 0 saturated heterocycles. The molecule has 4 aromatic rings. The van der Waals surface area contributed by atoms with Crippen molar-refractivity contribution in [2.45, 2.75) is 182 Å². The van der Waals surface area contributed by atoms with Gasteiger partial charge in [0.25, 0.3) is 0 Å². The Hall–Kier alpha value is -9.21. The molecule has 0 aliphatic heterocycles. The van der Waals surface area contributed by atoms with Gasteiger partial charge < -0.3 is 52.1 Å². The van der Waals surface area contributed by atoms with Gasteiger partial charge in [0.15, 0.2) is 23.1 Å². The summed E-state index contributed by atoms with van der Waals surface area (Å²) in [5.74, 6) is -7.32. The Kier molecular flexibility index (Phi) is 35.0. The summed E-state index contributed by atoms with van der Waals surface area (Å²) in [5, 5.41) is 0. The monoisotopic (exact) mass is 1360 g/mol. The number of methoxy groups -OCH3 is 3. The molecule has 22 nitrogen and oxygen atoms in total. The largest absolute Gasteiger partial charge is 0.493 e. The molecule has 0 amide bonds. The van der Waals surface area contributed by atoms with Crippen LogP contribution in [0.4, 0.5) is 0 Å². The number of benzene rings is 4. The number of Topliss-reactive ketones (excluding diaryl/α,β-unsaturated/α-hetero) is 4. The fraction of sp³-hybridized carbons (Fsp3) is 0.513. The number of unbranched alkanes of at least 4 members (excludes halogenated alkanes) is 8. The number of hydrogen-bond acceptors (Lipinski definition) is 22. The normalized spacial score (nSPS) is 11.5. The van der Waals surface area contributed by atoms with E-state index in [1.54, 1.807) is 48.5 Å². The number of carbonyl (C=O) groups is 11. The Labute approximate surface area is 574 Å². The van der Waals surface area contributed by atoms with E-state index >= 15 is 0 Å². The van der Waals surface area contributed by atoms with Crippen molar-refractivity contribution in [1.29, 1.82) is 0 Å². The van der Waals surface area contributed by atoms with Crippen LogP contribution in [-0.2, 0) is 92.4 Å². The van der Waals surface area contributed by atoms with Crippen LogP contribution in [0, 0.1) is 0 Å². The lowest BCUT2D eigenvalue weighted by Crippen LogP contribution is -2.20. The predicted octanol–water partition coefficient (Wildman–Crippen LogP) is 12.4. The minimum Gasteiger partial charge on any atom is -0.493 e. The predicted molar refractivity (Wildman–Crippen MR) is 361 cm³/mol. The van der Waals surface area contributed by atoms with E-state index in [0.29, 0.717) is 98.2 Å². The Balaban J connectivity index is 2.00. The number of hydrogen-bond donors (Lipinski definition) is 0. The van der Waals surface area contributed by atoms with Crippen LogP contribution in [0.25, 0.3) is 0 Å². The van der Waals surface area contributed by atoms with Gasteiger partial charge in [-0.25, -0.2) is 33.6 Å². The van der Waals surface area contributed by atoms with E-state index in [-0.39, 0.29) is 170 Å². The maximum atomic E-state index is 14.8. The zero-order chi connectivity index (χ0) is 71.4. The molecule has 0 atom stereocenters. The number of ether oxygens (including phenoxy) is 11. The number of fused-ring (bicyclic) bond motifs is 8. The maximum Gasteiger partial charge on any atom is 0.417 e. The molecule has 1 aliphatic rings. The van der Waals surface area contributed by atoms with E-state index in [9.17, 15) is 52.7 Å². The second-order valence-electron chi connectivity index (χ2n) is 23.8. The fourth-order valence-corrected chi connectivity index (χ4v) is 11.1. The third-order valence-electron chi connectivity index (χ3n) is 16.1. The van der Waals surface area contributed by atoms with Gasteiger partial charge in [-0.3, -0.25) is 19.2 Å². The van der Waals surface area contributed by atoms with Crippen LogP contribution in [0.3, 0.4) is 0 Å². The van der Waals surface area contributed by atoms with Crippen molar-refractivity contribution >= 4 is 64.9 Å². The van der Waals surface area contributed by atoms with Gasteiger partial charge in [0.05, 0.1) is 74.2 Å². The fourth-order valence-electron chi connectivity index (χ4n) is 11.1. The molecule has 0 radical (unpaired) electrons. The summed E-state index contributed by atoms with van der Waals surface area (Å²) in [4.78, 5) is 145. The van der Waals surface area contributed by atoms with Gasteiger partial charge in [0.1, 0.15) is 23.0 Å². The van der Waals surface area contributed by atoms with Crippen LogP contribution in [0.2, 0.25) is 0 Å². The Bertz CT molecular complexity index is 3270. The zero-order valence-corrected chi connectivity index (χ0v) is 58.0. The molecule has 0 heterocycles. The van der Waals surface area contributed by atoms with Crippen LogP contribution in [0.15, 0.2) is 61.2 Å². The summed E-state index contributed by atoms with van der Waals surface area (Å²) in [5.41, 5.74) is 5.03. The van der Waals surface area contributed by atoms with E-state index in [0.717, 1.165) is 78.8 Å². The summed E-state index contributed by atoms with van der Waals surface area (Å²) < 4.78 is 62.2. The lowest BCUT2D eigenvalue weighted by Gasteiger charge is -2.25. The number of carbonyl (C=O) groups excluding carboxylic acids is 11. The lowest BCUT2D eigenvalue weighted by atomic mass is 9.86. The van der Waals surface area contributed by atoms with E-state index in [1.165, 1.54) is 0 Å². The van der Waals surface area contributed by atoms with E-state index in [2.05, 4.69) is 20.8 Å². The average Bonchev–Trinajstić information content (AvgIpc) is 0.772.